The van der Waals surface area contributed by atoms with Crippen molar-refractivity contribution >= 4 is 11.9 Å². The zero-order valence-corrected chi connectivity index (χ0v) is 15.4. The maximum absolute atomic E-state index is 5.57. The maximum atomic E-state index is 5.57. The highest BCUT2D eigenvalue weighted by atomic mass is 16.5. The quantitative estimate of drug-likeness (QED) is 0.808. The summed E-state index contributed by atoms with van der Waals surface area (Å²) in [5.74, 6) is 1.77. The molecule has 0 atom stereocenters. The van der Waals surface area contributed by atoms with E-state index in [-0.39, 0.29) is 0 Å². The van der Waals surface area contributed by atoms with Gasteiger partial charge in [-0.2, -0.15) is 15.0 Å². The van der Waals surface area contributed by atoms with Crippen LogP contribution in [0.1, 0.15) is 38.2 Å². The van der Waals surface area contributed by atoms with Crippen LogP contribution in [-0.4, -0.2) is 46.7 Å². The minimum absolute atomic E-state index is 0.318. The molecule has 26 heavy (non-hydrogen) atoms. The molecule has 0 radical (unpaired) electrons. The van der Waals surface area contributed by atoms with E-state index in [1.807, 2.05) is 19.1 Å². The lowest BCUT2D eigenvalue weighted by atomic mass is 10.2. The second-order valence-electron chi connectivity index (χ2n) is 6.10. The van der Waals surface area contributed by atoms with Gasteiger partial charge in [-0.05, 0) is 25.8 Å². The third kappa shape index (κ3) is 4.71. The Morgan fingerprint density at radius 3 is 2.65 bits per heavy atom. The summed E-state index contributed by atoms with van der Waals surface area (Å²) in [4.78, 5) is 19.8. The Kier molecular flexibility index (Phi) is 6.40. The number of hydrogen-bond donors (Lipinski definition) is 1. The Labute approximate surface area is 154 Å². The van der Waals surface area contributed by atoms with Crippen LogP contribution in [0.2, 0.25) is 0 Å². The number of nitrogens with zero attached hydrogens (tertiary/aromatic N) is 5. The van der Waals surface area contributed by atoms with Gasteiger partial charge in [0.1, 0.15) is 0 Å². The van der Waals surface area contributed by atoms with Crippen molar-refractivity contribution < 1.29 is 9.47 Å². The van der Waals surface area contributed by atoms with Crippen LogP contribution in [0.4, 0.5) is 11.9 Å². The van der Waals surface area contributed by atoms with E-state index in [9.17, 15) is 0 Å². The van der Waals surface area contributed by atoms with Crippen molar-refractivity contribution in [2.24, 2.45) is 0 Å². The van der Waals surface area contributed by atoms with Crippen molar-refractivity contribution in [1.29, 1.82) is 0 Å². The van der Waals surface area contributed by atoms with Crippen LogP contribution in [-0.2, 0) is 6.54 Å². The summed E-state index contributed by atoms with van der Waals surface area (Å²) in [6.45, 7) is 4.95. The van der Waals surface area contributed by atoms with Crippen LogP contribution in [0.5, 0.6) is 11.9 Å². The van der Waals surface area contributed by atoms with Crippen molar-refractivity contribution in [3.05, 3.63) is 23.9 Å². The van der Waals surface area contributed by atoms with Gasteiger partial charge in [-0.3, -0.25) is 0 Å². The van der Waals surface area contributed by atoms with Gasteiger partial charge in [0.15, 0.2) is 0 Å². The predicted octanol–water partition coefficient (Wildman–Crippen LogP) is 2.67. The molecule has 3 rings (SSSR count). The zero-order valence-electron chi connectivity index (χ0n) is 15.4. The Morgan fingerprint density at radius 1 is 1.12 bits per heavy atom. The van der Waals surface area contributed by atoms with Gasteiger partial charge in [0.05, 0.1) is 13.7 Å². The molecule has 1 fully saturated rings. The first-order valence-electron chi connectivity index (χ1n) is 9.15. The number of ether oxygens (including phenoxy) is 2. The summed E-state index contributed by atoms with van der Waals surface area (Å²) >= 11 is 0. The molecule has 1 aliphatic heterocycles. The largest absolute Gasteiger partial charge is 0.478 e. The predicted molar refractivity (Wildman–Crippen MR) is 99.8 cm³/mol. The second-order valence-corrected chi connectivity index (χ2v) is 6.10. The summed E-state index contributed by atoms with van der Waals surface area (Å²) in [7, 11) is 1.57. The van der Waals surface area contributed by atoms with E-state index in [4.69, 9.17) is 9.47 Å². The number of anilines is 2. The molecule has 0 amide bonds. The smallest absolute Gasteiger partial charge is 0.322 e. The van der Waals surface area contributed by atoms with Crippen molar-refractivity contribution in [3.63, 3.8) is 0 Å². The topological polar surface area (TPSA) is 85.3 Å². The third-order valence-corrected chi connectivity index (χ3v) is 4.24. The van der Waals surface area contributed by atoms with Gasteiger partial charge in [0.25, 0.3) is 0 Å². The maximum Gasteiger partial charge on any atom is 0.322 e. The number of hydrogen-bond acceptors (Lipinski definition) is 8. The van der Waals surface area contributed by atoms with Gasteiger partial charge in [-0.25, -0.2) is 4.98 Å². The molecule has 8 heteroatoms. The molecule has 0 aromatic carbocycles. The molecule has 140 valence electrons. The number of aromatic nitrogens is 4. The van der Waals surface area contributed by atoms with E-state index in [1.165, 1.54) is 12.8 Å². The fourth-order valence-corrected chi connectivity index (χ4v) is 2.93. The lowest BCUT2D eigenvalue weighted by Crippen LogP contribution is -2.26. The Balaban J connectivity index is 1.76. The number of nitrogens with one attached hydrogen (secondary N) is 1. The van der Waals surface area contributed by atoms with Crippen LogP contribution >= 0.6 is 0 Å². The molecule has 0 spiro atoms. The highest BCUT2D eigenvalue weighted by molar-refractivity contribution is 5.40. The van der Waals surface area contributed by atoms with Gasteiger partial charge >= 0.3 is 6.01 Å². The van der Waals surface area contributed by atoms with Crippen molar-refractivity contribution in [3.8, 4) is 11.9 Å². The molecule has 3 heterocycles. The molecule has 1 N–H and O–H groups in total. The standard InChI is InChI=1S/C18H26N6O2/c1-3-26-15-14(9-8-10-19-15)13-20-16-21-17(23-18(22-16)25-2)24-11-6-4-5-7-12-24/h8-10H,3-7,11-13H2,1-2H3,(H,20,21,22,23). The number of methoxy groups -OCH3 is 1. The van der Waals surface area contributed by atoms with Crippen LogP contribution in [0, 0.1) is 0 Å². The molecule has 8 nitrogen and oxygen atoms in total. The average molecular weight is 358 g/mol. The molecule has 0 saturated carbocycles. The van der Waals surface area contributed by atoms with E-state index in [0.29, 0.717) is 36.9 Å². The molecular formula is C18H26N6O2. The summed E-state index contributed by atoms with van der Waals surface area (Å²) < 4.78 is 10.8. The second kappa shape index (κ2) is 9.17. The van der Waals surface area contributed by atoms with Gasteiger partial charge in [0, 0.05) is 31.4 Å². The molecular weight excluding hydrogens is 332 g/mol. The highest BCUT2D eigenvalue weighted by Gasteiger charge is 2.16. The van der Waals surface area contributed by atoms with Crippen LogP contribution < -0.4 is 19.7 Å². The van der Waals surface area contributed by atoms with Crippen LogP contribution in [0.15, 0.2) is 18.3 Å². The van der Waals surface area contributed by atoms with Gasteiger partial charge in [0.2, 0.25) is 17.8 Å². The first kappa shape index (κ1) is 18.2. The molecule has 1 aliphatic rings. The van der Waals surface area contributed by atoms with Crippen molar-refractivity contribution in [2.45, 2.75) is 39.2 Å². The fourth-order valence-electron chi connectivity index (χ4n) is 2.93. The van der Waals surface area contributed by atoms with Crippen molar-refractivity contribution in [2.75, 3.05) is 37.0 Å². The molecule has 2 aromatic heterocycles. The van der Waals surface area contributed by atoms with Gasteiger partial charge in [-0.15, -0.1) is 0 Å². The monoisotopic (exact) mass is 358 g/mol. The highest BCUT2D eigenvalue weighted by Crippen LogP contribution is 2.20. The van der Waals surface area contributed by atoms with E-state index >= 15 is 0 Å². The lowest BCUT2D eigenvalue weighted by Gasteiger charge is -2.20. The van der Waals surface area contributed by atoms with Crippen LogP contribution in [0.3, 0.4) is 0 Å². The summed E-state index contributed by atoms with van der Waals surface area (Å²) in [5.41, 5.74) is 0.949. The van der Waals surface area contributed by atoms with E-state index < -0.39 is 0 Å². The molecule has 0 bridgehead atoms. The van der Waals surface area contributed by atoms with E-state index in [2.05, 4.69) is 30.2 Å². The zero-order chi connectivity index (χ0) is 18.2. The number of pyridine rings is 1. The first-order chi connectivity index (χ1) is 12.8. The Bertz CT molecular complexity index is 704. The minimum atomic E-state index is 0.318. The van der Waals surface area contributed by atoms with E-state index in [1.54, 1.807) is 13.3 Å². The summed E-state index contributed by atoms with van der Waals surface area (Å²) in [6, 6.07) is 4.17. The Morgan fingerprint density at radius 2 is 1.92 bits per heavy atom. The molecule has 0 aliphatic carbocycles. The minimum Gasteiger partial charge on any atom is -0.478 e. The fraction of sp³-hybridized carbons (Fsp3) is 0.556. The molecule has 2 aromatic rings. The number of rotatable bonds is 7. The SMILES string of the molecule is CCOc1ncccc1CNc1nc(OC)nc(N2CCCCCC2)n1. The summed E-state index contributed by atoms with van der Waals surface area (Å²) in [6.07, 6.45) is 6.54. The van der Waals surface area contributed by atoms with E-state index in [0.717, 1.165) is 31.5 Å². The summed E-state index contributed by atoms with van der Waals surface area (Å²) in [5, 5.41) is 3.24. The molecule has 0 unspecified atom stereocenters. The average Bonchev–Trinajstić information content (AvgIpc) is 2.97. The third-order valence-electron chi connectivity index (χ3n) is 4.24. The Hall–Kier alpha value is -2.64. The normalized spacial score (nSPS) is 14.6. The first-order valence-corrected chi connectivity index (χ1v) is 9.15. The van der Waals surface area contributed by atoms with Gasteiger partial charge < -0.3 is 19.7 Å². The van der Waals surface area contributed by atoms with Crippen LogP contribution in [0.25, 0.3) is 0 Å². The van der Waals surface area contributed by atoms with Crippen molar-refractivity contribution in [1.82, 2.24) is 19.9 Å². The molecule has 1 saturated heterocycles. The lowest BCUT2D eigenvalue weighted by molar-refractivity contribution is 0.323. The van der Waals surface area contributed by atoms with Gasteiger partial charge in [-0.1, -0.05) is 18.9 Å².